The van der Waals surface area contributed by atoms with E-state index < -0.39 is 5.97 Å². The van der Waals surface area contributed by atoms with Gasteiger partial charge in [0.25, 0.3) is 0 Å². The summed E-state index contributed by atoms with van der Waals surface area (Å²) in [7, 11) is 0. The third-order valence-electron chi connectivity index (χ3n) is 3.09. The molecule has 0 saturated heterocycles. The maximum atomic E-state index is 11.7. The van der Waals surface area contributed by atoms with Gasteiger partial charge in [-0.25, -0.2) is 0 Å². The average Bonchev–Trinajstić information content (AvgIpc) is 2.47. The minimum atomic E-state index is -0.479. The van der Waals surface area contributed by atoms with Crippen LogP contribution in [0.4, 0.5) is 0 Å². The van der Waals surface area contributed by atoms with E-state index in [1.807, 2.05) is 0 Å². The number of carbonyl (C=O) groups excluding carboxylic acids is 2. The van der Waals surface area contributed by atoms with E-state index >= 15 is 0 Å². The van der Waals surface area contributed by atoms with Crippen LogP contribution in [0, 0.1) is 5.92 Å². The lowest BCUT2D eigenvalue weighted by molar-refractivity contribution is -0.144. The predicted octanol–water partition coefficient (Wildman–Crippen LogP) is 5.05. The van der Waals surface area contributed by atoms with E-state index in [9.17, 15) is 9.59 Å². The zero-order valence-electron chi connectivity index (χ0n) is 13.4. The van der Waals surface area contributed by atoms with Crippen LogP contribution in [0.2, 0.25) is 10.0 Å². The third kappa shape index (κ3) is 8.24. The molecule has 1 aromatic carbocycles. The fourth-order valence-electron chi connectivity index (χ4n) is 1.87. The van der Waals surface area contributed by atoms with Crippen molar-refractivity contribution in [1.29, 1.82) is 0 Å². The third-order valence-corrected chi connectivity index (χ3v) is 3.68. The summed E-state index contributed by atoms with van der Waals surface area (Å²) in [5.41, 5.74) is 0. The van der Waals surface area contributed by atoms with E-state index in [0.29, 0.717) is 18.9 Å². The van der Waals surface area contributed by atoms with Crippen LogP contribution in [0.25, 0.3) is 0 Å². The van der Waals surface area contributed by atoms with Crippen LogP contribution in [-0.2, 0) is 14.3 Å². The maximum Gasteiger partial charge on any atom is 0.311 e. The highest BCUT2D eigenvalue weighted by Gasteiger charge is 2.13. The maximum absolute atomic E-state index is 11.7. The first-order valence-corrected chi connectivity index (χ1v) is 8.46. The van der Waals surface area contributed by atoms with E-state index in [0.717, 1.165) is 12.8 Å². The van der Waals surface area contributed by atoms with Crippen molar-refractivity contribution in [2.45, 2.75) is 46.0 Å². The van der Waals surface area contributed by atoms with Crippen molar-refractivity contribution >= 4 is 35.1 Å². The Kier molecular flexibility index (Phi) is 9.03. The first-order valence-electron chi connectivity index (χ1n) is 7.70. The summed E-state index contributed by atoms with van der Waals surface area (Å²) in [5.74, 6) is -0.0258. The number of ether oxygens (including phenoxy) is 2. The molecule has 0 aliphatic carbocycles. The molecular formula is C17H22Cl2O4. The molecule has 0 aliphatic rings. The SMILES string of the molecule is CC(C)CCCOC(=O)CCCC(=O)Oc1c(Cl)cccc1Cl. The monoisotopic (exact) mass is 360 g/mol. The Morgan fingerprint density at radius 3 is 2.26 bits per heavy atom. The van der Waals surface area contributed by atoms with Crippen LogP contribution in [-0.4, -0.2) is 18.5 Å². The number of halogens is 2. The summed E-state index contributed by atoms with van der Waals surface area (Å²) >= 11 is 11.8. The zero-order chi connectivity index (χ0) is 17.2. The van der Waals surface area contributed by atoms with Gasteiger partial charge in [0.15, 0.2) is 5.75 Å². The van der Waals surface area contributed by atoms with Gasteiger partial charge < -0.3 is 9.47 Å². The molecule has 0 spiro atoms. The molecule has 1 aromatic rings. The molecule has 0 N–H and O–H groups in total. The minimum absolute atomic E-state index is 0.0998. The molecule has 0 radical (unpaired) electrons. The highest BCUT2D eigenvalue weighted by molar-refractivity contribution is 6.37. The first kappa shape index (κ1) is 19.8. The van der Waals surface area contributed by atoms with Crippen molar-refractivity contribution in [2.75, 3.05) is 6.61 Å². The van der Waals surface area contributed by atoms with Gasteiger partial charge in [0.05, 0.1) is 16.7 Å². The van der Waals surface area contributed by atoms with Gasteiger partial charge in [0, 0.05) is 12.8 Å². The molecule has 0 bridgehead atoms. The summed E-state index contributed by atoms with van der Waals surface area (Å²) in [5, 5.41) is 0.547. The molecule has 6 heteroatoms. The number of hydrogen-bond donors (Lipinski definition) is 0. The molecule has 0 aliphatic heterocycles. The fourth-order valence-corrected chi connectivity index (χ4v) is 2.35. The van der Waals surface area contributed by atoms with Crippen molar-refractivity contribution in [3.8, 4) is 5.75 Å². The minimum Gasteiger partial charge on any atom is -0.466 e. The van der Waals surface area contributed by atoms with E-state index in [1.54, 1.807) is 18.2 Å². The molecule has 128 valence electrons. The lowest BCUT2D eigenvalue weighted by atomic mass is 10.1. The van der Waals surface area contributed by atoms with Crippen molar-refractivity contribution in [1.82, 2.24) is 0 Å². The Hall–Kier alpha value is -1.26. The fraction of sp³-hybridized carbons (Fsp3) is 0.529. The molecule has 0 aromatic heterocycles. The van der Waals surface area contributed by atoms with Gasteiger partial charge in [-0.2, -0.15) is 0 Å². The number of carbonyl (C=O) groups is 2. The van der Waals surface area contributed by atoms with Crippen molar-refractivity contribution in [3.63, 3.8) is 0 Å². The standard InChI is InChI=1S/C17H22Cl2O4/c1-12(2)6-5-11-22-15(20)9-4-10-16(21)23-17-13(18)7-3-8-14(17)19/h3,7-8,12H,4-6,9-11H2,1-2H3. The quantitative estimate of drug-likeness (QED) is 0.351. The zero-order valence-corrected chi connectivity index (χ0v) is 15.0. The van der Waals surface area contributed by atoms with Crippen LogP contribution >= 0.6 is 23.2 Å². The second-order valence-electron chi connectivity index (χ2n) is 5.63. The summed E-state index contributed by atoms with van der Waals surface area (Å²) < 4.78 is 10.2. The van der Waals surface area contributed by atoms with Gasteiger partial charge in [-0.15, -0.1) is 0 Å². The normalized spacial score (nSPS) is 10.7. The van der Waals surface area contributed by atoms with Crippen molar-refractivity contribution < 1.29 is 19.1 Å². The lowest BCUT2D eigenvalue weighted by Gasteiger charge is -2.08. The van der Waals surface area contributed by atoms with Gasteiger partial charge in [-0.05, 0) is 37.3 Å². The number of hydrogen-bond acceptors (Lipinski definition) is 4. The molecule has 0 atom stereocenters. The molecule has 0 saturated carbocycles. The van der Waals surface area contributed by atoms with Gasteiger partial charge in [0.1, 0.15) is 0 Å². The number of benzene rings is 1. The summed E-state index contributed by atoms with van der Waals surface area (Å²) in [6, 6.07) is 4.84. The molecule has 0 heterocycles. The van der Waals surface area contributed by atoms with Crippen molar-refractivity contribution in [3.05, 3.63) is 28.2 Å². The van der Waals surface area contributed by atoms with E-state index in [1.165, 1.54) is 0 Å². The Morgan fingerprint density at radius 2 is 1.65 bits per heavy atom. The first-order chi connectivity index (χ1) is 10.9. The number of rotatable bonds is 9. The average molecular weight is 361 g/mol. The summed E-state index contributed by atoms with van der Waals surface area (Å²) in [4.78, 5) is 23.3. The van der Waals surface area contributed by atoms with Crippen LogP contribution in [0.1, 0.15) is 46.0 Å². The molecule has 0 unspecified atom stereocenters. The Bertz CT molecular complexity index is 509. The Balaban J connectivity index is 2.22. The van der Waals surface area contributed by atoms with Gasteiger partial charge >= 0.3 is 11.9 Å². The molecule has 23 heavy (non-hydrogen) atoms. The molecular weight excluding hydrogens is 339 g/mol. The molecule has 1 rings (SSSR count). The van der Waals surface area contributed by atoms with E-state index in [4.69, 9.17) is 32.7 Å². The van der Waals surface area contributed by atoms with E-state index in [2.05, 4.69) is 13.8 Å². The van der Waals surface area contributed by atoms with Crippen LogP contribution < -0.4 is 4.74 Å². The molecule has 4 nitrogen and oxygen atoms in total. The largest absolute Gasteiger partial charge is 0.466 e. The van der Waals surface area contributed by atoms with Crippen LogP contribution in [0.5, 0.6) is 5.75 Å². The Morgan fingerprint density at radius 1 is 1.04 bits per heavy atom. The predicted molar refractivity (Wildman–Crippen MR) is 91.0 cm³/mol. The van der Waals surface area contributed by atoms with Gasteiger partial charge in [-0.1, -0.05) is 43.1 Å². The molecule has 0 amide bonds. The topological polar surface area (TPSA) is 52.6 Å². The highest BCUT2D eigenvalue weighted by Crippen LogP contribution is 2.32. The summed E-state index contributed by atoms with van der Waals surface area (Å²) in [6.07, 6.45) is 2.54. The second kappa shape index (κ2) is 10.5. The molecule has 0 fully saturated rings. The van der Waals surface area contributed by atoms with Crippen LogP contribution in [0.3, 0.4) is 0 Å². The number of para-hydroxylation sites is 1. The summed E-state index contributed by atoms with van der Waals surface area (Å²) in [6.45, 7) is 4.67. The van der Waals surface area contributed by atoms with Crippen molar-refractivity contribution in [2.24, 2.45) is 5.92 Å². The highest BCUT2D eigenvalue weighted by atomic mass is 35.5. The van der Waals surface area contributed by atoms with Crippen LogP contribution in [0.15, 0.2) is 18.2 Å². The number of esters is 2. The van der Waals surface area contributed by atoms with Gasteiger partial charge in [0.2, 0.25) is 0 Å². The second-order valence-corrected chi connectivity index (χ2v) is 6.45. The Labute approximate surface area is 147 Å². The van der Waals surface area contributed by atoms with E-state index in [-0.39, 0.29) is 34.6 Å². The smallest absolute Gasteiger partial charge is 0.311 e. The lowest BCUT2D eigenvalue weighted by Crippen LogP contribution is -2.11. The van der Waals surface area contributed by atoms with Gasteiger partial charge in [-0.3, -0.25) is 9.59 Å².